The summed E-state index contributed by atoms with van der Waals surface area (Å²) in [6.07, 6.45) is 5.36. The van der Waals surface area contributed by atoms with Crippen LogP contribution < -0.4 is 15.1 Å². The van der Waals surface area contributed by atoms with Crippen LogP contribution in [0, 0.1) is 12.8 Å². The zero-order valence-corrected chi connectivity index (χ0v) is 15.7. The van der Waals surface area contributed by atoms with E-state index in [-0.39, 0.29) is 11.8 Å². The van der Waals surface area contributed by atoms with Crippen molar-refractivity contribution in [1.29, 1.82) is 0 Å². The quantitative estimate of drug-likeness (QED) is 0.736. The van der Waals surface area contributed by atoms with Crippen molar-refractivity contribution in [3.8, 4) is 0 Å². The van der Waals surface area contributed by atoms with Crippen LogP contribution in [0.2, 0.25) is 0 Å². The number of aryl methyl sites for hydroxylation is 1. The summed E-state index contributed by atoms with van der Waals surface area (Å²) in [5, 5.41) is 7.19. The first-order chi connectivity index (χ1) is 13.7. The number of hydrogen-bond acceptors (Lipinski definition) is 7. The van der Waals surface area contributed by atoms with Gasteiger partial charge < -0.3 is 15.1 Å². The van der Waals surface area contributed by atoms with Crippen LogP contribution in [0.4, 0.5) is 17.3 Å². The number of pyridine rings is 1. The van der Waals surface area contributed by atoms with Crippen molar-refractivity contribution in [3.05, 3.63) is 36.4 Å². The molecule has 1 aliphatic heterocycles. The Morgan fingerprint density at radius 3 is 2.61 bits per heavy atom. The van der Waals surface area contributed by atoms with E-state index < -0.39 is 0 Å². The lowest BCUT2D eigenvalue weighted by molar-refractivity contribution is -0.117. The van der Waals surface area contributed by atoms with E-state index in [9.17, 15) is 4.79 Å². The van der Waals surface area contributed by atoms with Crippen molar-refractivity contribution in [2.75, 3.05) is 41.3 Å². The molecule has 2 aliphatic rings. The van der Waals surface area contributed by atoms with Crippen molar-refractivity contribution in [1.82, 2.24) is 24.6 Å². The predicted molar refractivity (Wildman–Crippen MR) is 106 cm³/mol. The molecule has 9 heteroatoms. The number of nitrogens with zero attached hydrogens (tertiary/aromatic N) is 7. The van der Waals surface area contributed by atoms with E-state index in [1.165, 1.54) is 6.33 Å². The van der Waals surface area contributed by atoms with Gasteiger partial charge in [0, 0.05) is 43.9 Å². The summed E-state index contributed by atoms with van der Waals surface area (Å²) in [6.45, 7) is 5.49. The molecule has 0 bridgehead atoms. The molecule has 1 saturated heterocycles. The first-order valence-corrected chi connectivity index (χ1v) is 9.61. The Hall–Kier alpha value is -3.23. The largest absolute Gasteiger partial charge is 0.367 e. The number of rotatable bonds is 4. The molecule has 1 amide bonds. The third kappa shape index (κ3) is 3.23. The minimum atomic E-state index is 0.0842. The normalized spacial score (nSPS) is 17.2. The third-order valence-corrected chi connectivity index (χ3v) is 5.28. The number of carbonyl (C=O) groups is 1. The molecule has 144 valence electrons. The van der Waals surface area contributed by atoms with Crippen molar-refractivity contribution < 1.29 is 4.79 Å². The van der Waals surface area contributed by atoms with Gasteiger partial charge in [0.1, 0.15) is 18.0 Å². The van der Waals surface area contributed by atoms with Gasteiger partial charge in [-0.2, -0.15) is 14.6 Å². The molecule has 3 aromatic heterocycles. The van der Waals surface area contributed by atoms with E-state index in [1.807, 2.05) is 25.3 Å². The molecule has 0 atom stereocenters. The summed E-state index contributed by atoms with van der Waals surface area (Å²) in [7, 11) is 0. The molecule has 0 unspecified atom stereocenters. The number of nitrogens with one attached hydrogen (secondary N) is 1. The lowest BCUT2D eigenvalue weighted by Gasteiger charge is -2.37. The van der Waals surface area contributed by atoms with Gasteiger partial charge in [-0.1, -0.05) is 0 Å². The highest BCUT2D eigenvalue weighted by molar-refractivity contribution is 5.93. The first-order valence-electron chi connectivity index (χ1n) is 9.61. The molecule has 1 saturated carbocycles. The fourth-order valence-electron chi connectivity index (χ4n) is 3.55. The summed E-state index contributed by atoms with van der Waals surface area (Å²) in [5.41, 5.74) is 2.01. The standard InChI is InChI=1S/C19H22N8O/c1-13-10-17(27-19(23-13)21-12-22-27)26-8-6-25(7-9-26)15-4-5-16(20-11-15)24-18(28)14-2-3-14/h4-5,10-12,14H,2-3,6-9H2,1H3,(H,20,24,28). The zero-order valence-electron chi connectivity index (χ0n) is 15.7. The lowest BCUT2D eigenvalue weighted by Crippen LogP contribution is -2.47. The highest BCUT2D eigenvalue weighted by Crippen LogP contribution is 2.30. The number of aromatic nitrogens is 5. The summed E-state index contributed by atoms with van der Waals surface area (Å²) in [5.74, 6) is 2.55. The molecule has 5 rings (SSSR count). The fourth-order valence-corrected chi connectivity index (χ4v) is 3.55. The second-order valence-electron chi connectivity index (χ2n) is 7.37. The molecule has 4 heterocycles. The van der Waals surface area contributed by atoms with Gasteiger partial charge in [0.05, 0.1) is 11.9 Å². The minimum Gasteiger partial charge on any atom is -0.367 e. The fraction of sp³-hybridized carbons (Fsp3) is 0.421. The maximum atomic E-state index is 11.8. The highest BCUT2D eigenvalue weighted by Gasteiger charge is 2.29. The number of fused-ring (bicyclic) bond motifs is 1. The predicted octanol–water partition coefficient (Wildman–Crippen LogP) is 1.50. The van der Waals surface area contributed by atoms with E-state index in [2.05, 4.69) is 41.2 Å². The van der Waals surface area contributed by atoms with Gasteiger partial charge in [-0.25, -0.2) is 9.97 Å². The Morgan fingerprint density at radius 2 is 1.89 bits per heavy atom. The van der Waals surface area contributed by atoms with Crippen molar-refractivity contribution >= 4 is 29.0 Å². The topological polar surface area (TPSA) is 91.5 Å². The maximum absolute atomic E-state index is 11.8. The summed E-state index contributed by atoms with van der Waals surface area (Å²) in [4.78, 5) is 29.5. The van der Waals surface area contributed by atoms with E-state index in [1.54, 1.807) is 4.52 Å². The van der Waals surface area contributed by atoms with Crippen molar-refractivity contribution in [2.45, 2.75) is 19.8 Å². The number of amides is 1. The number of anilines is 3. The highest BCUT2D eigenvalue weighted by atomic mass is 16.2. The van der Waals surface area contributed by atoms with Gasteiger partial charge in [0.2, 0.25) is 5.91 Å². The maximum Gasteiger partial charge on any atom is 0.254 e. The molecule has 3 aromatic rings. The van der Waals surface area contributed by atoms with Gasteiger partial charge >= 0.3 is 0 Å². The second-order valence-corrected chi connectivity index (χ2v) is 7.37. The molecule has 1 N–H and O–H groups in total. The van der Waals surface area contributed by atoms with Crippen LogP contribution in [0.3, 0.4) is 0 Å². The molecule has 1 aliphatic carbocycles. The number of carbonyl (C=O) groups excluding carboxylic acids is 1. The first kappa shape index (κ1) is 16.9. The van der Waals surface area contributed by atoms with Gasteiger partial charge in [0.15, 0.2) is 0 Å². The monoisotopic (exact) mass is 378 g/mol. The summed E-state index contributed by atoms with van der Waals surface area (Å²) in [6, 6.07) is 5.96. The average molecular weight is 378 g/mol. The molecule has 9 nitrogen and oxygen atoms in total. The third-order valence-electron chi connectivity index (χ3n) is 5.28. The second kappa shape index (κ2) is 6.74. The van der Waals surface area contributed by atoms with E-state index in [0.717, 1.165) is 56.2 Å². The molecular formula is C19H22N8O. The van der Waals surface area contributed by atoms with E-state index in [4.69, 9.17) is 0 Å². The van der Waals surface area contributed by atoms with Gasteiger partial charge in [-0.05, 0) is 31.9 Å². The molecular weight excluding hydrogens is 356 g/mol. The zero-order chi connectivity index (χ0) is 19.1. The Kier molecular flexibility index (Phi) is 4.07. The van der Waals surface area contributed by atoms with Crippen molar-refractivity contribution in [2.24, 2.45) is 5.92 Å². The van der Waals surface area contributed by atoms with Crippen LogP contribution in [0.15, 0.2) is 30.7 Å². The number of hydrogen-bond donors (Lipinski definition) is 1. The van der Waals surface area contributed by atoms with Crippen molar-refractivity contribution in [3.63, 3.8) is 0 Å². The summed E-state index contributed by atoms with van der Waals surface area (Å²) >= 11 is 0. The Labute approximate surface area is 162 Å². The minimum absolute atomic E-state index is 0.0842. The van der Waals surface area contributed by atoms with Crippen LogP contribution in [-0.4, -0.2) is 56.7 Å². The number of piperazine rings is 1. The Morgan fingerprint density at radius 1 is 1.11 bits per heavy atom. The summed E-state index contributed by atoms with van der Waals surface area (Å²) < 4.78 is 1.79. The van der Waals surface area contributed by atoms with Gasteiger partial charge in [0.25, 0.3) is 5.78 Å². The van der Waals surface area contributed by atoms with Gasteiger partial charge in [-0.15, -0.1) is 0 Å². The molecule has 2 fully saturated rings. The smallest absolute Gasteiger partial charge is 0.254 e. The average Bonchev–Trinajstić information content (AvgIpc) is 3.47. The lowest BCUT2D eigenvalue weighted by atomic mass is 10.2. The SMILES string of the molecule is Cc1cc(N2CCN(c3ccc(NC(=O)C4CC4)nc3)CC2)n2ncnc2n1. The Balaban J connectivity index is 1.25. The van der Waals surface area contributed by atoms with E-state index in [0.29, 0.717) is 11.6 Å². The molecule has 28 heavy (non-hydrogen) atoms. The van der Waals surface area contributed by atoms with Gasteiger partial charge in [-0.3, -0.25) is 4.79 Å². The van der Waals surface area contributed by atoms with Crippen LogP contribution >= 0.6 is 0 Å². The van der Waals surface area contributed by atoms with Crippen LogP contribution in [0.25, 0.3) is 5.78 Å². The molecule has 0 spiro atoms. The van der Waals surface area contributed by atoms with Crippen LogP contribution in [0.5, 0.6) is 0 Å². The van der Waals surface area contributed by atoms with Crippen LogP contribution in [-0.2, 0) is 4.79 Å². The molecule has 0 radical (unpaired) electrons. The van der Waals surface area contributed by atoms with Crippen LogP contribution in [0.1, 0.15) is 18.5 Å². The molecule has 0 aromatic carbocycles. The van der Waals surface area contributed by atoms with E-state index >= 15 is 0 Å². The Bertz CT molecular complexity index is 1000.